The number of benzene rings is 1. The number of anilines is 2. The highest BCUT2D eigenvalue weighted by atomic mass is 32.2. The minimum absolute atomic E-state index is 0.0463. The molecule has 3 N–H and O–H groups in total. The Hall–Kier alpha value is -1.97. The maximum atomic E-state index is 13.1. The first-order chi connectivity index (χ1) is 17.5. The summed E-state index contributed by atoms with van der Waals surface area (Å²) in [6, 6.07) is 8.06. The summed E-state index contributed by atoms with van der Waals surface area (Å²) in [5.41, 5.74) is 0.291. The van der Waals surface area contributed by atoms with Gasteiger partial charge in [0, 0.05) is 38.0 Å². The molecule has 3 fully saturated rings. The molecule has 1 aromatic carbocycles. The van der Waals surface area contributed by atoms with Gasteiger partial charge >= 0.3 is 0 Å². The molecule has 0 amide bonds. The van der Waals surface area contributed by atoms with E-state index in [2.05, 4.69) is 23.9 Å². The van der Waals surface area contributed by atoms with Crippen LogP contribution in [0.5, 0.6) is 0 Å². The predicted octanol–water partition coefficient (Wildman–Crippen LogP) is 4.02. The molecule has 37 heavy (non-hydrogen) atoms. The Bertz CT molecular complexity index is 1230. The monoisotopic (exact) mass is 529 g/mol. The Kier molecular flexibility index (Phi) is 7.17. The molecule has 1 heterocycles. The number of fused-ring (bicyclic) bond motifs is 3. The van der Waals surface area contributed by atoms with Crippen molar-refractivity contribution in [3.63, 3.8) is 0 Å². The molecule has 0 radical (unpaired) electrons. The molecule has 3 aliphatic rings. The number of rotatable bonds is 9. The van der Waals surface area contributed by atoms with Crippen LogP contribution in [0.4, 0.5) is 11.8 Å². The van der Waals surface area contributed by atoms with Crippen molar-refractivity contribution in [1.29, 1.82) is 0 Å². The van der Waals surface area contributed by atoms with Crippen molar-refractivity contribution in [2.75, 3.05) is 43.2 Å². The maximum absolute atomic E-state index is 13.1. The molecule has 3 atom stereocenters. The van der Waals surface area contributed by atoms with Crippen LogP contribution >= 0.6 is 0 Å². The largest absolute Gasteiger partial charge is 0.392 e. The normalized spacial score (nSPS) is 31.1. The summed E-state index contributed by atoms with van der Waals surface area (Å²) in [6.07, 6.45) is 6.20. The van der Waals surface area contributed by atoms with Crippen LogP contribution in [0.3, 0.4) is 0 Å². The van der Waals surface area contributed by atoms with Crippen molar-refractivity contribution in [2.45, 2.75) is 64.9 Å². The lowest BCUT2D eigenvalue weighted by atomic mass is 9.70. The van der Waals surface area contributed by atoms with Crippen molar-refractivity contribution >= 4 is 32.7 Å². The molecule has 1 aromatic heterocycles. The second-order valence-corrected chi connectivity index (χ2v) is 14.3. The minimum Gasteiger partial charge on any atom is -0.392 e. The Morgan fingerprint density at radius 3 is 2.32 bits per heavy atom. The van der Waals surface area contributed by atoms with Gasteiger partial charge in [-0.05, 0) is 80.2 Å². The molecular weight excluding hydrogens is 486 g/mol. The van der Waals surface area contributed by atoms with Crippen molar-refractivity contribution in [3.05, 3.63) is 24.3 Å². The third kappa shape index (κ3) is 5.06. The average molecular weight is 530 g/mol. The van der Waals surface area contributed by atoms with E-state index in [1.807, 2.05) is 43.3 Å². The number of hydrogen-bond donors (Lipinski definition) is 3. The zero-order valence-electron chi connectivity index (χ0n) is 22.7. The van der Waals surface area contributed by atoms with E-state index in [0.717, 1.165) is 68.2 Å². The van der Waals surface area contributed by atoms with Gasteiger partial charge in [-0.15, -0.1) is 0 Å². The van der Waals surface area contributed by atoms with Crippen LogP contribution in [0.25, 0.3) is 10.9 Å². The van der Waals surface area contributed by atoms with Gasteiger partial charge in [0.2, 0.25) is 16.0 Å². The van der Waals surface area contributed by atoms with E-state index in [9.17, 15) is 13.5 Å². The number of sulfonamides is 1. The summed E-state index contributed by atoms with van der Waals surface area (Å²) in [4.78, 5) is 11.5. The molecular formula is C28H43N5O3S. The Morgan fingerprint density at radius 1 is 1.03 bits per heavy atom. The second-order valence-electron chi connectivity index (χ2n) is 12.5. The molecule has 3 saturated carbocycles. The first-order valence-electron chi connectivity index (χ1n) is 13.8. The summed E-state index contributed by atoms with van der Waals surface area (Å²) in [7, 11) is 0.546. The number of nitrogens with one attached hydrogen (secondary N) is 2. The van der Waals surface area contributed by atoms with Crippen molar-refractivity contribution in [3.8, 4) is 0 Å². The molecule has 8 nitrogen and oxygen atoms in total. The number of nitrogens with zero attached hydrogens (tertiary/aromatic N) is 3. The SMILES string of the molecule is CN(C)c1nc(NC[C@H]2CC[C@H](CNS(=O)(=O)C[C@]34CC[C@H](CC3O)C4(C)C)CC2)nc2ccccc12. The number of para-hydroxylation sites is 1. The molecule has 2 aromatic rings. The standard InChI is InChI=1S/C28H43N5O3S/c1-27(2)21-13-14-28(27,24(34)15-21)18-37(35,36)30-17-20-11-9-19(10-12-20)16-29-26-31-23-8-6-5-7-22(23)25(32-26)33(3)4/h5-8,19-21,24,30,34H,9-18H2,1-4H3,(H,29,31,32)/t19-,20-,21-,24?,28-/m1/s1. The average Bonchev–Trinajstić information content (AvgIpc) is 3.20. The fraction of sp³-hybridized carbons (Fsp3) is 0.714. The predicted molar refractivity (Wildman–Crippen MR) is 149 cm³/mol. The Morgan fingerprint density at radius 2 is 1.70 bits per heavy atom. The lowest BCUT2D eigenvalue weighted by Crippen LogP contribution is -2.47. The summed E-state index contributed by atoms with van der Waals surface area (Å²) in [6.45, 7) is 5.62. The fourth-order valence-electron chi connectivity index (χ4n) is 7.37. The van der Waals surface area contributed by atoms with Gasteiger partial charge < -0.3 is 15.3 Å². The summed E-state index contributed by atoms with van der Waals surface area (Å²) >= 11 is 0. The highest BCUT2D eigenvalue weighted by molar-refractivity contribution is 7.89. The molecule has 2 bridgehead atoms. The third-order valence-electron chi connectivity index (χ3n) is 9.95. The van der Waals surface area contributed by atoms with E-state index >= 15 is 0 Å². The van der Waals surface area contributed by atoms with Crippen LogP contribution in [-0.4, -0.2) is 62.5 Å². The highest BCUT2D eigenvalue weighted by Gasteiger charge is 2.64. The molecule has 5 rings (SSSR count). The molecule has 1 unspecified atom stereocenters. The Labute approximate surface area is 221 Å². The van der Waals surface area contributed by atoms with Crippen molar-refractivity contribution in [2.24, 2.45) is 28.6 Å². The van der Waals surface area contributed by atoms with Gasteiger partial charge in [-0.25, -0.2) is 18.1 Å². The number of aliphatic hydroxyl groups excluding tert-OH is 1. The molecule has 9 heteroatoms. The van der Waals surface area contributed by atoms with E-state index in [4.69, 9.17) is 9.97 Å². The molecule has 0 aliphatic heterocycles. The second kappa shape index (κ2) is 9.97. The van der Waals surface area contributed by atoms with E-state index in [0.29, 0.717) is 30.2 Å². The number of aromatic nitrogens is 2. The summed E-state index contributed by atoms with van der Waals surface area (Å²) in [5.74, 6) is 2.92. The van der Waals surface area contributed by atoms with Gasteiger partial charge in [0.05, 0.1) is 17.4 Å². The highest BCUT2D eigenvalue weighted by Crippen LogP contribution is 2.66. The first kappa shape index (κ1) is 26.6. The quantitative estimate of drug-likeness (QED) is 0.450. The van der Waals surface area contributed by atoms with E-state index < -0.39 is 21.5 Å². The number of aliphatic hydroxyl groups is 1. The first-order valence-corrected chi connectivity index (χ1v) is 15.5. The van der Waals surface area contributed by atoms with Gasteiger partial charge in [-0.2, -0.15) is 4.98 Å². The smallest absolute Gasteiger partial charge is 0.225 e. The molecule has 204 valence electrons. The molecule has 0 saturated heterocycles. The minimum atomic E-state index is -3.44. The number of hydrogen-bond acceptors (Lipinski definition) is 7. The van der Waals surface area contributed by atoms with Crippen LogP contribution in [0.15, 0.2) is 24.3 Å². The van der Waals surface area contributed by atoms with Gasteiger partial charge in [-0.1, -0.05) is 26.0 Å². The molecule has 0 spiro atoms. The zero-order chi connectivity index (χ0) is 26.4. The van der Waals surface area contributed by atoms with Gasteiger partial charge in [0.15, 0.2) is 0 Å². The topological polar surface area (TPSA) is 107 Å². The van der Waals surface area contributed by atoms with E-state index in [1.54, 1.807) is 0 Å². The fourth-order valence-corrected chi connectivity index (χ4v) is 9.35. The van der Waals surface area contributed by atoms with Gasteiger partial charge in [-0.3, -0.25) is 0 Å². The maximum Gasteiger partial charge on any atom is 0.225 e. The van der Waals surface area contributed by atoms with Crippen LogP contribution in [-0.2, 0) is 10.0 Å². The van der Waals surface area contributed by atoms with E-state index in [-0.39, 0.29) is 11.2 Å². The Balaban J connectivity index is 1.11. The molecule has 3 aliphatic carbocycles. The lowest BCUT2D eigenvalue weighted by molar-refractivity contribution is 0.0151. The van der Waals surface area contributed by atoms with Crippen LogP contribution in [0.1, 0.15) is 58.8 Å². The van der Waals surface area contributed by atoms with Crippen molar-refractivity contribution < 1.29 is 13.5 Å². The van der Waals surface area contributed by atoms with Crippen LogP contribution in [0.2, 0.25) is 0 Å². The van der Waals surface area contributed by atoms with Gasteiger partial charge in [0.25, 0.3) is 0 Å². The lowest BCUT2D eigenvalue weighted by Gasteiger charge is -2.40. The summed E-state index contributed by atoms with van der Waals surface area (Å²) in [5, 5.41) is 15.2. The van der Waals surface area contributed by atoms with Gasteiger partial charge in [0.1, 0.15) is 5.82 Å². The van der Waals surface area contributed by atoms with Crippen LogP contribution < -0.4 is 14.9 Å². The van der Waals surface area contributed by atoms with Crippen molar-refractivity contribution in [1.82, 2.24) is 14.7 Å². The van der Waals surface area contributed by atoms with Crippen LogP contribution in [0, 0.1) is 28.6 Å². The van der Waals surface area contributed by atoms with E-state index in [1.165, 1.54) is 0 Å². The zero-order valence-corrected chi connectivity index (χ0v) is 23.5. The third-order valence-corrected chi connectivity index (χ3v) is 11.5. The summed E-state index contributed by atoms with van der Waals surface area (Å²) < 4.78 is 29.1.